The monoisotopic (exact) mass is 214 g/mol. The Morgan fingerprint density at radius 3 is 2.81 bits per heavy atom. The maximum atomic E-state index is 3.52. The lowest BCUT2D eigenvalue weighted by atomic mass is 10.1. The van der Waals surface area contributed by atoms with Crippen LogP contribution in [0.3, 0.4) is 0 Å². The predicted octanol–water partition coefficient (Wildman–Crippen LogP) is 3.07. The van der Waals surface area contributed by atoms with Gasteiger partial charge >= 0.3 is 0 Å². The van der Waals surface area contributed by atoms with Crippen molar-refractivity contribution < 1.29 is 0 Å². The van der Waals surface area contributed by atoms with Crippen LogP contribution in [-0.4, -0.2) is 23.0 Å². The first kappa shape index (κ1) is 9.91. The van der Waals surface area contributed by atoms with E-state index in [0.717, 1.165) is 6.54 Å². The van der Waals surface area contributed by atoms with Gasteiger partial charge < -0.3 is 4.98 Å². The molecule has 0 bridgehead atoms. The third kappa shape index (κ3) is 1.74. The fourth-order valence-electron chi connectivity index (χ4n) is 2.63. The zero-order valence-electron chi connectivity index (χ0n) is 9.79. The Kier molecular flexibility index (Phi) is 2.44. The van der Waals surface area contributed by atoms with Crippen LogP contribution in [0.2, 0.25) is 0 Å². The lowest BCUT2D eigenvalue weighted by molar-refractivity contribution is 0.328. The first-order valence-electron chi connectivity index (χ1n) is 6.12. The van der Waals surface area contributed by atoms with Gasteiger partial charge in [-0.1, -0.05) is 12.1 Å². The highest BCUT2D eigenvalue weighted by molar-refractivity contribution is 5.83. The van der Waals surface area contributed by atoms with Gasteiger partial charge in [0.05, 0.1) is 0 Å². The summed E-state index contributed by atoms with van der Waals surface area (Å²) in [6, 6.07) is 8.77. The molecule has 1 aliphatic heterocycles. The van der Waals surface area contributed by atoms with Crippen LogP contribution in [0, 0.1) is 6.92 Å². The Labute approximate surface area is 96.3 Å². The summed E-state index contributed by atoms with van der Waals surface area (Å²) in [7, 11) is 0. The number of benzene rings is 1. The molecular formula is C14H18N2. The van der Waals surface area contributed by atoms with Crippen molar-refractivity contribution in [2.45, 2.75) is 26.3 Å². The van der Waals surface area contributed by atoms with Crippen molar-refractivity contribution >= 4 is 10.9 Å². The number of likely N-dealkylation sites (tertiary alicyclic amines) is 1. The van der Waals surface area contributed by atoms with Gasteiger partial charge in [0, 0.05) is 23.1 Å². The number of aromatic nitrogens is 1. The summed E-state index contributed by atoms with van der Waals surface area (Å²) >= 11 is 0. The Balaban J connectivity index is 1.90. The normalized spacial score (nSPS) is 17.3. The summed E-state index contributed by atoms with van der Waals surface area (Å²) in [6.45, 7) is 5.77. The molecule has 1 aromatic heterocycles. The average Bonchev–Trinajstić information content (AvgIpc) is 2.88. The summed E-state index contributed by atoms with van der Waals surface area (Å²) in [5.41, 5.74) is 3.99. The first-order valence-corrected chi connectivity index (χ1v) is 6.12. The molecule has 1 fully saturated rings. The molecule has 0 unspecified atom stereocenters. The molecule has 3 rings (SSSR count). The second-order valence-corrected chi connectivity index (χ2v) is 4.81. The van der Waals surface area contributed by atoms with E-state index in [1.165, 1.54) is 48.1 Å². The molecule has 0 saturated carbocycles. The van der Waals surface area contributed by atoms with E-state index in [2.05, 4.69) is 41.1 Å². The van der Waals surface area contributed by atoms with Crippen molar-refractivity contribution in [1.82, 2.24) is 9.88 Å². The minimum Gasteiger partial charge on any atom is -0.357 e. The molecule has 0 spiro atoms. The van der Waals surface area contributed by atoms with E-state index in [1.807, 2.05) is 0 Å². The van der Waals surface area contributed by atoms with Crippen molar-refractivity contribution in [2.75, 3.05) is 13.1 Å². The zero-order valence-corrected chi connectivity index (χ0v) is 9.79. The molecule has 2 heteroatoms. The second kappa shape index (κ2) is 3.95. The second-order valence-electron chi connectivity index (χ2n) is 4.81. The molecular weight excluding hydrogens is 196 g/mol. The summed E-state index contributed by atoms with van der Waals surface area (Å²) in [5.74, 6) is 0. The lowest BCUT2D eigenvalue weighted by Crippen LogP contribution is -2.18. The predicted molar refractivity (Wildman–Crippen MR) is 67.5 cm³/mol. The van der Waals surface area contributed by atoms with E-state index in [9.17, 15) is 0 Å². The van der Waals surface area contributed by atoms with Gasteiger partial charge in [0.1, 0.15) is 0 Å². The SMILES string of the molecule is Cc1cccc2[nH]c(CN3CCCC3)cc12. The molecule has 0 aliphatic carbocycles. The maximum absolute atomic E-state index is 3.52. The number of aromatic amines is 1. The van der Waals surface area contributed by atoms with Crippen LogP contribution >= 0.6 is 0 Å². The summed E-state index contributed by atoms with van der Waals surface area (Å²) in [4.78, 5) is 6.05. The third-order valence-corrected chi connectivity index (χ3v) is 3.53. The van der Waals surface area contributed by atoms with Crippen LogP contribution in [-0.2, 0) is 6.54 Å². The first-order chi connectivity index (χ1) is 7.83. The van der Waals surface area contributed by atoms with Crippen LogP contribution in [0.5, 0.6) is 0 Å². The Morgan fingerprint density at radius 2 is 2.06 bits per heavy atom. The van der Waals surface area contributed by atoms with Gasteiger partial charge in [0.25, 0.3) is 0 Å². The molecule has 84 valence electrons. The lowest BCUT2D eigenvalue weighted by Gasteiger charge is -2.12. The molecule has 0 radical (unpaired) electrons. The molecule has 1 aliphatic rings. The van der Waals surface area contributed by atoms with Gasteiger partial charge in [-0.2, -0.15) is 0 Å². The van der Waals surface area contributed by atoms with Crippen molar-refractivity contribution in [3.05, 3.63) is 35.5 Å². The highest BCUT2D eigenvalue weighted by Gasteiger charge is 2.13. The molecule has 1 saturated heterocycles. The van der Waals surface area contributed by atoms with Crippen molar-refractivity contribution in [2.24, 2.45) is 0 Å². The molecule has 2 aromatic rings. The van der Waals surface area contributed by atoms with Crippen LogP contribution in [0.25, 0.3) is 10.9 Å². The zero-order chi connectivity index (χ0) is 11.0. The summed E-state index contributed by atoms with van der Waals surface area (Å²) < 4.78 is 0. The Hall–Kier alpha value is -1.28. The minimum absolute atomic E-state index is 1.08. The highest BCUT2D eigenvalue weighted by Crippen LogP contribution is 2.21. The van der Waals surface area contributed by atoms with Crippen LogP contribution in [0.15, 0.2) is 24.3 Å². The standard InChI is InChI=1S/C14H18N2/c1-11-5-4-6-14-13(11)9-12(15-14)10-16-7-2-3-8-16/h4-6,9,15H,2-3,7-8,10H2,1H3. The number of hydrogen-bond acceptors (Lipinski definition) is 1. The van der Waals surface area contributed by atoms with Crippen LogP contribution in [0.4, 0.5) is 0 Å². The summed E-state index contributed by atoms with van der Waals surface area (Å²) in [5, 5.41) is 1.37. The quantitative estimate of drug-likeness (QED) is 0.814. The van der Waals surface area contributed by atoms with Gasteiger partial charge in [0.2, 0.25) is 0 Å². The van der Waals surface area contributed by atoms with Crippen molar-refractivity contribution in [3.63, 3.8) is 0 Å². The highest BCUT2D eigenvalue weighted by atomic mass is 15.1. The number of H-pyrrole nitrogens is 1. The van der Waals surface area contributed by atoms with Gasteiger partial charge in [-0.25, -0.2) is 0 Å². The topological polar surface area (TPSA) is 19.0 Å². The molecule has 2 heterocycles. The Bertz CT molecular complexity index is 492. The third-order valence-electron chi connectivity index (χ3n) is 3.53. The Morgan fingerprint density at radius 1 is 1.25 bits per heavy atom. The van der Waals surface area contributed by atoms with E-state index in [1.54, 1.807) is 0 Å². The van der Waals surface area contributed by atoms with Crippen LogP contribution in [0.1, 0.15) is 24.1 Å². The molecule has 0 amide bonds. The van der Waals surface area contributed by atoms with E-state index in [-0.39, 0.29) is 0 Å². The van der Waals surface area contributed by atoms with Gasteiger partial charge in [-0.05, 0) is 50.6 Å². The molecule has 1 N–H and O–H groups in total. The van der Waals surface area contributed by atoms with E-state index in [4.69, 9.17) is 0 Å². The fraction of sp³-hybridized carbons (Fsp3) is 0.429. The van der Waals surface area contributed by atoms with Gasteiger partial charge in [-0.3, -0.25) is 4.90 Å². The summed E-state index contributed by atoms with van der Waals surface area (Å²) in [6.07, 6.45) is 2.72. The molecule has 0 atom stereocenters. The average molecular weight is 214 g/mol. The van der Waals surface area contributed by atoms with E-state index >= 15 is 0 Å². The number of nitrogens with one attached hydrogen (secondary N) is 1. The number of hydrogen-bond donors (Lipinski definition) is 1. The number of fused-ring (bicyclic) bond motifs is 1. The molecule has 1 aromatic carbocycles. The van der Waals surface area contributed by atoms with E-state index in [0.29, 0.717) is 0 Å². The minimum atomic E-state index is 1.08. The van der Waals surface area contributed by atoms with Crippen LogP contribution < -0.4 is 0 Å². The number of aryl methyl sites for hydroxylation is 1. The van der Waals surface area contributed by atoms with Gasteiger partial charge in [0.15, 0.2) is 0 Å². The van der Waals surface area contributed by atoms with E-state index < -0.39 is 0 Å². The number of rotatable bonds is 2. The largest absolute Gasteiger partial charge is 0.357 e. The molecule has 16 heavy (non-hydrogen) atoms. The fourth-order valence-corrected chi connectivity index (χ4v) is 2.63. The van der Waals surface area contributed by atoms with Gasteiger partial charge in [-0.15, -0.1) is 0 Å². The molecule has 2 nitrogen and oxygen atoms in total. The van der Waals surface area contributed by atoms with Crippen molar-refractivity contribution in [1.29, 1.82) is 0 Å². The number of nitrogens with zero attached hydrogens (tertiary/aromatic N) is 1. The smallest absolute Gasteiger partial charge is 0.0459 e. The van der Waals surface area contributed by atoms with Crippen molar-refractivity contribution in [3.8, 4) is 0 Å². The maximum Gasteiger partial charge on any atom is 0.0459 e.